The molecule has 2 aromatic rings. The van der Waals surface area contributed by atoms with Crippen LogP contribution in [-0.2, 0) is 9.59 Å². The van der Waals surface area contributed by atoms with Gasteiger partial charge in [-0.3, -0.25) is 4.79 Å². The van der Waals surface area contributed by atoms with E-state index in [0.717, 1.165) is 0 Å². The summed E-state index contributed by atoms with van der Waals surface area (Å²) in [5.74, 6) is -0.208. The van der Waals surface area contributed by atoms with Gasteiger partial charge in [0.05, 0.1) is 5.69 Å². The van der Waals surface area contributed by atoms with Crippen molar-refractivity contribution in [2.45, 2.75) is 12.8 Å². The van der Waals surface area contributed by atoms with Crippen LogP contribution < -0.4 is 9.75 Å². The number of benzene rings is 2. The number of para-hydroxylation sites is 2. The number of rotatable bonds is 3. The molecule has 2 aromatic carbocycles. The van der Waals surface area contributed by atoms with Gasteiger partial charge in [-0.05, 0) is 24.3 Å². The first kappa shape index (κ1) is 14.0. The Balaban J connectivity index is 1.81. The molecule has 0 aliphatic carbocycles. The summed E-state index contributed by atoms with van der Waals surface area (Å²) in [6, 6.07) is 17.8. The molecule has 0 unspecified atom stereocenters. The SMILES string of the molecule is O=C(Oc1ccccc1)C1=NN(c2ccccc2)C(=O)CC1. The number of carbonyl (C=O) groups excluding carboxylic acids is 2. The number of ether oxygens (including phenoxy) is 1. The van der Waals surface area contributed by atoms with Crippen molar-refractivity contribution in [3.8, 4) is 5.75 Å². The highest BCUT2D eigenvalue weighted by molar-refractivity contribution is 6.38. The van der Waals surface area contributed by atoms with Crippen LogP contribution in [0, 0.1) is 0 Å². The van der Waals surface area contributed by atoms with E-state index in [1.165, 1.54) is 5.01 Å². The van der Waals surface area contributed by atoms with Gasteiger partial charge in [-0.15, -0.1) is 0 Å². The van der Waals surface area contributed by atoms with Gasteiger partial charge in [-0.1, -0.05) is 36.4 Å². The zero-order valence-corrected chi connectivity index (χ0v) is 11.8. The molecule has 0 atom stereocenters. The normalized spacial score (nSPS) is 14.5. The van der Waals surface area contributed by atoms with Crippen LogP contribution >= 0.6 is 0 Å². The Morgan fingerprint density at radius 3 is 2.27 bits per heavy atom. The molecule has 0 aromatic heterocycles. The summed E-state index contributed by atoms with van der Waals surface area (Å²) in [6.45, 7) is 0. The predicted octanol–water partition coefficient (Wildman–Crippen LogP) is 2.78. The molecule has 3 rings (SSSR count). The molecule has 0 bridgehead atoms. The Morgan fingerprint density at radius 2 is 1.59 bits per heavy atom. The van der Waals surface area contributed by atoms with Crippen molar-refractivity contribution in [1.29, 1.82) is 0 Å². The second-order valence-electron chi connectivity index (χ2n) is 4.79. The third-order valence-electron chi connectivity index (χ3n) is 3.22. The van der Waals surface area contributed by atoms with Gasteiger partial charge in [0.2, 0.25) is 5.91 Å². The Morgan fingerprint density at radius 1 is 0.955 bits per heavy atom. The first-order valence-corrected chi connectivity index (χ1v) is 6.97. The van der Waals surface area contributed by atoms with Crippen LogP contribution in [0.4, 0.5) is 5.69 Å². The van der Waals surface area contributed by atoms with Gasteiger partial charge in [-0.2, -0.15) is 5.10 Å². The molecular formula is C17H14N2O3. The monoisotopic (exact) mass is 294 g/mol. The van der Waals surface area contributed by atoms with E-state index in [-0.39, 0.29) is 24.5 Å². The zero-order valence-electron chi connectivity index (χ0n) is 11.8. The van der Waals surface area contributed by atoms with Gasteiger partial charge in [0.15, 0.2) is 0 Å². The fraction of sp³-hybridized carbons (Fsp3) is 0.118. The molecule has 0 N–H and O–H groups in total. The van der Waals surface area contributed by atoms with E-state index in [2.05, 4.69) is 5.10 Å². The number of anilines is 1. The zero-order chi connectivity index (χ0) is 15.4. The minimum absolute atomic E-state index is 0.137. The molecular weight excluding hydrogens is 280 g/mol. The van der Waals surface area contributed by atoms with Crippen molar-refractivity contribution in [2.24, 2.45) is 5.10 Å². The lowest BCUT2D eigenvalue weighted by atomic mass is 10.1. The summed E-state index contributed by atoms with van der Waals surface area (Å²) in [6.07, 6.45) is 0.519. The summed E-state index contributed by atoms with van der Waals surface area (Å²) in [5.41, 5.74) is 0.879. The van der Waals surface area contributed by atoms with Crippen LogP contribution in [-0.4, -0.2) is 17.6 Å². The number of amides is 1. The summed E-state index contributed by atoms with van der Waals surface area (Å²) in [4.78, 5) is 24.1. The Bertz CT molecular complexity index is 711. The number of hydrazone groups is 1. The molecule has 5 nitrogen and oxygen atoms in total. The number of carbonyl (C=O) groups is 2. The second-order valence-corrected chi connectivity index (χ2v) is 4.79. The fourth-order valence-electron chi connectivity index (χ4n) is 2.13. The van der Waals surface area contributed by atoms with Crippen LogP contribution in [0.25, 0.3) is 0 Å². The molecule has 1 amide bonds. The third-order valence-corrected chi connectivity index (χ3v) is 3.22. The molecule has 1 aliphatic heterocycles. The molecule has 110 valence electrons. The third kappa shape index (κ3) is 3.03. The van der Waals surface area contributed by atoms with Crippen LogP contribution in [0.1, 0.15) is 12.8 Å². The highest BCUT2D eigenvalue weighted by Crippen LogP contribution is 2.20. The van der Waals surface area contributed by atoms with Crippen molar-refractivity contribution in [3.05, 3.63) is 60.7 Å². The number of esters is 1. The van der Waals surface area contributed by atoms with E-state index < -0.39 is 5.97 Å². The van der Waals surface area contributed by atoms with Crippen molar-refractivity contribution in [1.82, 2.24) is 0 Å². The Kier molecular flexibility index (Phi) is 3.96. The average molecular weight is 294 g/mol. The maximum atomic E-state index is 12.2. The van der Waals surface area contributed by atoms with Gasteiger partial charge in [0.1, 0.15) is 11.5 Å². The first-order valence-electron chi connectivity index (χ1n) is 6.97. The predicted molar refractivity (Wildman–Crippen MR) is 82.7 cm³/mol. The summed E-state index contributed by atoms with van der Waals surface area (Å²) in [7, 11) is 0. The van der Waals surface area contributed by atoms with Crippen LogP contribution in [0.5, 0.6) is 5.75 Å². The smallest absolute Gasteiger partial charge is 0.359 e. The molecule has 0 fully saturated rings. The van der Waals surface area contributed by atoms with Crippen LogP contribution in [0.2, 0.25) is 0 Å². The number of hydrogen-bond acceptors (Lipinski definition) is 4. The lowest BCUT2D eigenvalue weighted by Crippen LogP contribution is -2.35. The van der Waals surface area contributed by atoms with E-state index in [9.17, 15) is 9.59 Å². The molecule has 22 heavy (non-hydrogen) atoms. The van der Waals surface area contributed by atoms with Gasteiger partial charge in [0.25, 0.3) is 0 Å². The Hall–Kier alpha value is -2.95. The highest BCUT2D eigenvalue weighted by atomic mass is 16.5. The second kappa shape index (κ2) is 6.22. The largest absolute Gasteiger partial charge is 0.422 e. The van der Waals surface area contributed by atoms with E-state index >= 15 is 0 Å². The molecule has 0 saturated heterocycles. The van der Waals surface area contributed by atoms with Crippen LogP contribution in [0.3, 0.4) is 0 Å². The highest BCUT2D eigenvalue weighted by Gasteiger charge is 2.26. The maximum absolute atomic E-state index is 12.2. The maximum Gasteiger partial charge on any atom is 0.359 e. The minimum Gasteiger partial charge on any atom is -0.422 e. The lowest BCUT2D eigenvalue weighted by Gasteiger charge is -2.22. The molecule has 1 aliphatic rings. The molecule has 0 saturated carbocycles. The van der Waals surface area contributed by atoms with Crippen molar-refractivity contribution < 1.29 is 14.3 Å². The fourth-order valence-corrected chi connectivity index (χ4v) is 2.13. The van der Waals surface area contributed by atoms with Gasteiger partial charge in [0, 0.05) is 12.8 Å². The van der Waals surface area contributed by atoms with Gasteiger partial charge < -0.3 is 4.74 Å². The lowest BCUT2D eigenvalue weighted by molar-refractivity contribution is -0.127. The van der Waals surface area contributed by atoms with Crippen LogP contribution in [0.15, 0.2) is 65.8 Å². The van der Waals surface area contributed by atoms with E-state index in [0.29, 0.717) is 11.4 Å². The summed E-state index contributed by atoms with van der Waals surface area (Å²) in [5, 5.41) is 5.41. The minimum atomic E-state index is -0.528. The van der Waals surface area contributed by atoms with Gasteiger partial charge in [-0.25, -0.2) is 9.80 Å². The molecule has 0 spiro atoms. The van der Waals surface area contributed by atoms with Crippen molar-refractivity contribution in [2.75, 3.05) is 5.01 Å². The summed E-state index contributed by atoms with van der Waals surface area (Å²) < 4.78 is 5.27. The van der Waals surface area contributed by atoms with E-state index in [4.69, 9.17) is 4.74 Å². The van der Waals surface area contributed by atoms with Crippen molar-refractivity contribution >= 4 is 23.3 Å². The summed E-state index contributed by atoms with van der Waals surface area (Å²) >= 11 is 0. The topological polar surface area (TPSA) is 59.0 Å². The van der Waals surface area contributed by atoms with E-state index in [1.807, 2.05) is 24.3 Å². The number of nitrogens with zero attached hydrogens (tertiary/aromatic N) is 2. The van der Waals surface area contributed by atoms with Gasteiger partial charge >= 0.3 is 5.97 Å². The van der Waals surface area contributed by atoms with Crippen molar-refractivity contribution in [3.63, 3.8) is 0 Å². The molecule has 5 heteroatoms. The standard InChI is InChI=1S/C17H14N2O3/c20-16-12-11-15(17(21)22-14-9-5-2-6-10-14)18-19(16)13-7-3-1-4-8-13/h1-10H,11-12H2. The number of hydrogen-bond donors (Lipinski definition) is 0. The average Bonchev–Trinajstić information content (AvgIpc) is 2.57. The van der Waals surface area contributed by atoms with E-state index in [1.54, 1.807) is 36.4 Å². The molecule has 1 heterocycles. The quantitative estimate of drug-likeness (QED) is 0.646. The molecule has 0 radical (unpaired) electrons. The first-order chi connectivity index (χ1) is 10.7. The Labute approximate surface area is 127 Å².